The molecule has 4 heteroatoms. The van der Waals surface area contributed by atoms with E-state index in [0.717, 1.165) is 24.8 Å². The molecule has 0 bridgehead atoms. The summed E-state index contributed by atoms with van der Waals surface area (Å²) < 4.78 is 27.9. The van der Waals surface area contributed by atoms with Gasteiger partial charge >= 0.3 is 0 Å². The topological polar surface area (TPSA) is 43.4 Å². The Balaban J connectivity index is 2.79. The molecule has 0 aliphatic carbocycles. The molecule has 0 fully saturated rings. The fourth-order valence-corrected chi connectivity index (χ4v) is 2.70. The highest BCUT2D eigenvalue weighted by atomic mass is 32.2. The van der Waals surface area contributed by atoms with Gasteiger partial charge in [-0.15, -0.1) is 0 Å². The van der Waals surface area contributed by atoms with Gasteiger partial charge < -0.3 is 0 Å². The third-order valence-corrected chi connectivity index (χ3v) is 4.14. The first kappa shape index (κ1) is 14.2. The van der Waals surface area contributed by atoms with Gasteiger partial charge in [0.25, 0.3) is 10.1 Å². The van der Waals surface area contributed by atoms with Crippen LogP contribution < -0.4 is 0 Å². The van der Waals surface area contributed by atoms with Gasteiger partial charge in [0.1, 0.15) is 0 Å². The molecule has 3 nitrogen and oxygen atoms in total. The third kappa shape index (κ3) is 4.13. The summed E-state index contributed by atoms with van der Waals surface area (Å²) in [4.78, 5) is 0.305. The van der Waals surface area contributed by atoms with Crippen molar-refractivity contribution in [3.8, 4) is 0 Å². The number of hydrogen-bond acceptors (Lipinski definition) is 3. The van der Waals surface area contributed by atoms with Crippen LogP contribution in [0.25, 0.3) is 0 Å². The van der Waals surface area contributed by atoms with Crippen LogP contribution in [0.4, 0.5) is 0 Å². The van der Waals surface area contributed by atoms with Gasteiger partial charge in [0.05, 0.1) is 12.0 Å². The number of unbranched alkanes of at least 4 members (excludes halogenated alkanes) is 3. The first-order chi connectivity index (χ1) is 8.11. The molecule has 96 valence electrons. The molecule has 0 atom stereocenters. The fourth-order valence-electron chi connectivity index (χ4n) is 1.79. The molecule has 17 heavy (non-hydrogen) atoms. The molecule has 0 aromatic heterocycles. The molecule has 0 amide bonds. The largest absolute Gasteiger partial charge is 0.296 e. The number of aryl methyl sites for hydroxylation is 1. The van der Waals surface area contributed by atoms with E-state index in [-0.39, 0.29) is 0 Å². The normalized spacial score (nSPS) is 11.6. The second-order valence-electron chi connectivity index (χ2n) is 4.04. The van der Waals surface area contributed by atoms with E-state index in [9.17, 15) is 8.42 Å². The molecule has 0 aliphatic heterocycles. The summed E-state index contributed by atoms with van der Waals surface area (Å²) in [5, 5.41) is 0. The predicted octanol–water partition coefficient (Wildman–Crippen LogP) is 3.14. The molecule has 0 N–H and O–H groups in total. The second kappa shape index (κ2) is 6.77. The summed E-state index contributed by atoms with van der Waals surface area (Å²) >= 11 is 0. The van der Waals surface area contributed by atoms with E-state index in [1.54, 1.807) is 12.1 Å². The molecule has 0 saturated heterocycles. The maximum absolute atomic E-state index is 11.7. The number of rotatable bonds is 7. The molecule has 0 heterocycles. The zero-order valence-corrected chi connectivity index (χ0v) is 11.3. The summed E-state index contributed by atoms with van der Waals surface area (Å²) in [6.07, 6.45) is 5.32. The molecule has 1 aromatic carbocycles. The zero-order chi connectivity index (χ0) is 12.7. The Labute approximate surface area is 104 Å². The van der Waals surface area contributed by atoms with Crippen LogP contribution >= 0.6 is 0 Å². The lowest BCUT2D eigenvalue weighted by atomic mass is 10.1. The summed E-state index contributed by atoms with van der Waals surface area (Å²) in [7, 11) is -2.37. The van der Waals surface area contributed by atoms with Gasteiger partial charge in [0.2, 0.25) is 0 Å². The minimum absolute atomic E-state index is 0.305. The molecular formula is C13H20O3S. The van der Waals surface area contributed by atoms with Crippen LogP contribution in [-0.4, -0.2) is 15.5 Å². The Kier molecular flexibility index (Phi) is 5.65. The molecule has 1 aromatic rings. The highest BCUT2D eigenvalue weighted by Crippen LogP contribution is 2.19. The molecule has 0 unspecified atom stereocenters. The smallest absolute Gasteiger partial charge is 0.270 e. The van der Waals surface area contributed by atoms with E-state index >= 15 is 0 Å². The van der Waals surface area contributed by atoms with Crippen molar-refractivity contribution >= 4 is 10.1 Å². The highest BCUT2D eigenvalue weighted by molar-refractivity contribution is 7.86. The maximum atomic E-state index is 11.7. The number of benzene rings is 1. The SMILES string of the molecule is CCCCCCc1ccccc1S(=O)(=O)OC. The van der Waals surface area contributed by atoms with E-state index in [2.05, 4.69) is 11.1 Å². The quantitative estimate of drug-likeness (QED) is 0.556. The summed E-state index contributed by atoms with van der Waals surface area (Å²) in [6.45, 7) is 2.16. The van der Waals surface area contributed by atoms with E-state index in [1.807, 2.05) is 12.1 Å². The Hall–Kier alpha value is -0.870. The van der Waals surface area contributed by atoms with E-state index in [4.69, 9.17) is 0 Å². The van der Waals surface area contributed by atoms with E-state index in [1.165, 1.54) is 20.0 Å². The summed E-state index contributed by atoms with van der Waals surface area (Å²) in [5.74, 6) is 0. The van der Waals surface area contributed by atoms with Crippen molar-refractivity contribution in [2.24, 2.45) is 0 Å². The lowest BCUT2D eigenvalue weighted by Gasteiger charge is -2.08. The van der Waals surface area contributed by atoms with Crippen molar-refractivity contribution in [2.75, 3.05) is 7.11 Å². The predicted molar refractivity (Wildman–Crippen MR) is 68.5 cm³/mol. The van der Waals surface area contributed by atoms with Crippen molar-refractivity contribution in [1.29, 1.82) is 0 Å². The highest BCUT2D eigenvalue weighted by Gasteiger charge is 2.16. The molecule has 0 aliphatic rings. The Bertz CT molecular complexity index is 438. The fraction of sp³-hybridized carbons (Fsp3) is 0.538. The van der Waals surface area contributed by atoms with Gasteiger partial charge in [0, 0.05) is 0 Å². The van der Waals surface area contributed by atoms with Crippen LogP contribution in [0.15, 0.2) is 29.2 Å². The first-order valence-electron chi connectivity index (χ1n) is 6.00. The average Bonchev–Trinajstić information content (AvgIpc) is 2.35. The first-order valence-corrected chi connectivity index (χ1v) is 7.41. The van der Waals surface area contributed by atoms with Crippen LogP contribution in [-0.2, 0) is 20.7 Å². The van der Waals surface area contributed by atoms with E-state index < -0.39 is 10.1 Å². The van der Waals surface area contributed by atoms with Crippen molar-refractivity contribution in [1.82, 2.24) is 0 Å². The minimum atomic E-state index is -3.57. The Morgan fingerprint density at radius 1 is 1.12 bits per heavy atom. The van der Waals surface area contributed by atoms with Gasteiger partial charge in [-0.2, -0.15) is 8.42 Å². The van der Waals surface area contributed by atoms with Crippen molar-refractivity contribution < 1.29 is 12.6 Å². The van der Waals surface area contributed by atoms with Gasteiger partial charge in [-0.1, -0.05) is 44.4 Å². The van der Waals surface area contributed by atoms with E-state index in [0.29, 0.717) is 4.90 Å². The Morgan fingerprint density at radius 3 is 2.47 bits per heavy atom. The van der Waals surface area contributed by atoms with Gasteiger partial charge in [-0.25, -0.2) is 0 Å². The second-order valence-corrected chi connectivity index (χ2v) is 5.72. The Morgan fingerprint density at radius 2 is 1.82 bits per heavy atom. The minimum Gasteiger partial charge on any atom is -0.270 e. The van der Waals surface area contributed by atoms with Crippen molar-refractivity contribution in [3.63, 3.8) is 0 Å². The van der Waals surface area contributed by atoms with Crippen LogP contribution in [0.3, 0.4) is 0 Å². The molecular weight excluding hydrogens is 236 g/mol. The monoisotopic (exact) mass is 256 g/mol. The van der Waals surface area contributed by atoms with Crippen molar-refractivity contribution in [3.05, 3.63) is 29.8 Å². The van der Waals surface area contributed by atoms with Crippen LogP contribution in [0.1, 0.15) is 38.2 Å². The maximum Gasteiger partial charge on any atom is 0.296 e. The summed E-state index contributed by atoms with van der Waals surface area (Å²) in [5.41, 5.74) is 0.852. The van der Waals surface area contributed by atoms with Crippen LogP contribution in [0.2, 0.25) is 0 Å². The average molecular weight is 256 g/mol. The van der Waals surface area contributed by atoms with Gasteiger partial charge in [0.15, 0.2) is 0 Å². The summed E-state index contributed by atoms with van der Waals surface area (Å²) in [6, 6.07) is 7.05. The van der Waals surface area contributed by atoms with Gasteiger partial charge in [-0.05, 0) is 24.5 Å². The standard InChI is InChI=1S/C13H20O3S/c1-3-4-5-6-9-12-10-7-8-11-13(12)17(14,15)16-2/h7-8,10-11H,3-6,9H2,1-2H3. The number of hydrogen-bond donors (Lipinski definition) is 0. The third-order valence-electron chi connectivity index (χ3n) is 2.76. The molecule has 1 rings (SSSR count). The molecule has 0 radical (unpaired) electrons. The van der Waals surface area contributed by atoms with Crippen LogP contribution in [0, 0.1) is 0 Å². The lowest BCUT2D eigenvalue weighted by molar-refractivity contribution is 0.397. The van der Waals surface area contributed by atoms with Crippen molar-refractivity contribution in [2.45, 2.75) is 43.9 Å². The molecule has 0 spiro atoms. The zero-order valence-electron chi connectivity index (χ0n) is 10.5. The lowest BCUT2D eigenvalue weighted by Crippen LogP contribution is -2.06. The molecule has 0 saturated carbocycles. The van der Waals surface area contributed by atoms with Gasteiger partial charge in [-0.3, -0.25) is 4.18 Å². The van der Waals surface area contributed by atoms with Crippen LogP contribution in [0.5, 0.6) is 0 Å².